The summed E-state index contributed by atoms with van der Waals surface area (Å²) in [6.45, 7) is 3.48. The molecule has 0 aliphatic heterocycles. The number of Topliss-reactive ketones (excluding diaryl/α,β-unsaturated/α-hetero) is 1. The van der Waals surface area contributed by atoms with Crippen molar-refractivity contribution in [1.82, 2.24) is 0 Å². The lowest BCUT2D eigenvalue weighted by molar-refractivity contribution is -0.118. The van der Waals surface area contributed by atoms with Gasteiger partial charge in [-0.25, -0.2) is 0 Å². The van der Waals surface area contributed by atoms with E-state index in [0.29, 0.717) is 0 Å². The maximum absolute atomic E-state index is 10.9. The monoisotopic (exact) mass is 169 g/mol. The molecule has 0 saturated heterocycles. The van der Waals surface area contributed by atoms with Gasteiger partial charge in [0.1, 0.15) is 0 Å². The van der Waals surface area contributed by atoms with E-state index in [1.807, 2.05) is 18.4 Å². The predicted octanol–water partition coefficient (Wildman–Crippen LogP) is 1.65. The fourth-order valence-electron chi connectivity index (χ4n) is 0.888. The van der Waals surface area contributed by atoms with Crippen molar-refractivity contribution in [3.05, 3.63) is 21.9 Å². The SMILES string of the molecule is CC(=O)C(N)c1sccc1C. The van der Waals surface area contributed by atoms with Gasteiger partial charge in [0.15, 0.2) is 5.78 Å². The van der Waals surface area contributed by atoms with Crippen molar-refractivity contribution < 1.29 is 4.79 Å². The van der Waals surface area contributed by atoms with Gasteiger partial charge in [-0.1, -0.05) is 0 Å². The van der Waals surface area contributed by atoms with Crippen LogP contribution in [0.2, 0.25) is 0 Å². The first-order valence-corrected chi connectivity index (χ1v) is 4.31. The Morgan fingerprint density at radius 1 is 1.73 bits per heavy atom. The summed E-state index contributed by atoms with van der Waals surface area (Å²) in [6, 6.07) is 1.55. The van der Waals surface area contributed by atoms with E-state index in [9.17, 15) is 4.79 Å². The molecule has 0 aliphatic carbocycles. The van der Waals surface area contributed by atoms with Gasteiger partial charge in [-0.3, -0.25) is 4.79 Å². The molecule has 1 heterocycles. The summed E-state index contributed by atoms with van der Waals surface area (Å²) in [6.07, 6.45) is 0. The van der Waals surface area contributed by atoms with Crippen LogP contribution >= 0.6 is 11.3 Å². The van der Waals surface area contributed by atoms with Crippen molar-refractivity contribution >= 4 is 17.1 Å². The molecule has 0 amide bonds. The van der Waals surface area contributed by atoms with Crippen LogP contribution in [-0.4, -0.2) is 5.78 Å². The van der Waals surface area contributed by atoms with Crippen LogP contribution in [0.4, 0.5) is 0 Å². The zero-order chi connectivity index (χ0) is 8.43. The highest BCUT2D eigenvalue weighted by atomic mass is 32.1. The quantitative estimate of drug-likeness (QED) is 0.731. The van der Waals surface area contributed by atoms with Gasteiger partial charge < -0.3 is 5.73 Å². The molecule has 11 heavy (non-hydrogen) atoms. The van der Waals surface area contributed by atoms with Gasteiger partial charge >= 0.3 is 0 Å². The summed E-state index contributed by atoms with van der Waals surface area (Å²) in [7, 11) is 0. The van der Waals surface area contributed by atoms with E-state index in [1.54, 1.807) is 11.3 Å². The molecule has 3 heteroatoms. The molecule has 1 unspecified atom stereocenters. The minimum Gasteiger partial charge on any atom is -0.317 e. The molecular formula is C8H11NOS. The Morgan fingerprint density at radius 3 is 2.73 bits per heavy atom. The number of carbonyl (C=O) groups excluding carboxylic acids is 1. The molecule has 0 bridgehead atoms. The molecule has 1 aromatic heterocycles. The predicted molar refractivity (Wildman–Crippen MR) is 46.7 cm³/mol. The molecule has 1 rings (SSSR count). The lowest BCUT2D eigenvalue weighted by Crippen LogP contribution is -2.17. The Balaban J connectivity index is 2.92. The van der Waals surface area contributed by atoms with E-state index in [2.05, 4.69) is 0 Å². The van der Waals surface area contributed by atoms with Crippen LogP contribution in [0, 0.1) is 6.92 Å². The highest BCUT2D eigenvalue weighted by molar-refractivity contribution is 7.10. The number of rotatable bonds is 2. The van der Waals surface area contributed by atoms with Crippen LogP contribution in [-0.2, 0) is 4.79 Å². The van der Waals surface area contributed by atoms with Crippen molar-refractivity contribution in [2.24, 2.45) is 5.73 Å². The number of ketones is 1. The Hall–Kier alpha value is -0.670. The first kappa shape index (κ1) is 8.43. The lowest BCUT2D eigenvalue weighted by atomic mass is 10.1. The van der Waals surface area contributed by atoms with Gasteiger partial charge in [-0.15, -0.1) is 11.3 Å². The molecule has 1 atom stereocenters. The Morgan fingerprint density at radius 2 is 2.36 bits per heavy atom. The van der Waals surface area contributed by atoms with Gasteiger partial charge in [-0.2, -0.15) is 0 Å². The van der Waals surface area contributed by atoms with Crippen molar-refractivity contribution in [1.29, 1.82) is 0 Å². The van der Waals surface area contributed by atoms with Gasteiger partial charge in [0.2, 0.25) is 0 Å². The third kappa shape index (κ3) is 1.67. The molecular weight excluding hydrogens is 158 g/mol. The zero-order valence-electron chi connectivity index (χ0n) is 6.63. The first-order valence-electron chi connectivity index (χ1n) is 3.43. The minimum atomic E-state index is -0.421. The zero-order valence-corrected chi connectivity index (χ0v) is 7.44. The Bertz CT molecular complexity index is 267. The smallest absolute Gasteiger partial charge is 0.151 e. The van der Waals surface area contributed by atoms with E-state index in [1.165, 1.54) is 6.92 Å². The highest BCUT2D eigenvalue weighted by Crippen LogP contribution is 2.22. The topological polar surface area (TPSA) is 43.1 Å². The molecule has 0 saturated carbocycles. The average molecular weight is 169 g/mol. The summed E-state index contributed by atoms with van der Waals surface area (Å²) in [5.74, 6) is 0.0237. The number of hydrogen-bond acceptors (Lipinski definition) is 3. The lowest BCUT2D eigenvalue weighted by Gasteiger charge is -2.05. The van der Waals surface area contributed by atoms with Crippen LogP contribution in [0.5, 0.6) is 0 Å². The second kappa shape index (κ2) is 3.15. The second-order valence-corrected chi connectivity index (χ2v) is 3.50. The molecule has 1 aromatic rings. The largest absolute Gasteiger partial charge is 0.317 e. The number of hydrogen-bond donors (Lipinski definition) is 1. The maximum Gasteiger partial charge on any atom is 0.151 e. The third-order valence-electron chi connectivity index (χ3n) is 1.62. The number of thiophene rings is 1. The number of nitrogens with two attached hydrogens (primary N) is 1. The van der Waals surface area contributed by atoms with Crippen LogP contribution < -0.4 is 5.73 Å². The second-order valence-electron chi connectivity index (χ2n) is 2.56. The maximum atomic E-state index is 10.9. The molecule has 0 fully saturated rings. The number of aryl methyl sites for hydroxylation is 1. The van der Waals surface area contributed by atoms with Crippen LogP contribution in [0.15, 0.2) is 11.4 Å². The van der Waals surface area contributed by atoms with Crippen LogP contribution in [0.25, 0.3) is 0 Å². The van der Waals surface area contributed by atoms with Gasteiger partial charge in [0.05, 0.1) is 6.04 Å². The Kier molecular flexibility index (Phi) is 2.42. The average Bonchev–Trinajstić information content (AvgIpc) is 2.33. The normalized spacial score (nSPS) is 13.0. The van der Waals surface area contributed by atoms with E-state index < -0.39 is 6.04 Å². The standard InChI is InChI=1S/C8H11NOS/c1-5-3-4-11-8(5)7(9)6(2)10/h3-4,7H,9H2,1-2H3. The van der Waals surface area contributed by atoms with E-state index >= 15 is 0 Å². The molecule has 60 valence electrons. The fourth-order valence-corrected chi connectivity index (χ4v) is 1.87. The fraction of sp³-hybridized carbons (Fsp3) is 0.375. The van der Waals surface area contributed by atoms with Crippen molar-refractivity contribution in [2.75, 3.05) is 0 Å². The summed E-state index contributed by atoms with van der Waals surface area (Å²) in [5, 5.41) is 1.95. The van der Waals surface area contributed by atoms with E-state index in [0.717, 1.165) is 10.4 Å². The van der Waals surface area contributed by atoms with Crippen molar-refractivity contribution in [2.45, 2.75) is 19.9 Å². The van der Waals surface area contributed by atoms with E-state index in [4.69, 9.17) is 5.73 Å². The summed E-state index contributed by atoms with van der Waals surface area (Å²) in [5.41, 5.74) is 6.75. The minimum absolute atomic E-state index is 0.0237. The summed E-state index contributed by atoms with van der Waals surface area (Å²) in [4.78, 5) is 11.9. The highest BCUT2D eigenvalue weighted by Gasteiger charge is 2.13. The molecule has 0 aromatic carbocycles. The van der Waals surface area contributed by atoms with Crippen LogP contribution in [0.3, 0.4) is 0 Å². The molecule has 0 radical (unpaired) electrons. The molecule has 2 nitrogen and oxygen atoms in total. The number of carbonyl (C=O) groups is 1. The van der Waals surface area contributed by atoms with Gasteiger partial charge in [-0.05, 0) is 30.9 Å². The van der Waals surface area contributed by atoms with Crippen molar-refractivity contribution in [3.8, 4) is 0 Å². The summed E-state index contributed by atoms with van der Waals surface area (Å²) >= 11 is 1.54. The van der Waals surface area contributed by atoms with Gasteiger partial charge in [0, 0.05) is 4.88 Å². The molecule has 0 spiro atoms. The molecule has 2 N–H and O–H groups in total. The van der Waals surface area contributed by atoms with Crippen LogP contribution in [0.1, 0.15) is 23.4 Å². The first-order chi connectivity index (χ1) is 5.13. The summed E-state index contributed by atoms with van der Waals surface area (Å²) < 4.78 is 0. The molecule has 0 aliphatic rings. The van der Waals surface area contributed by atoms with Gasteiger partial charge in [0.25, 0.3) is 0 Å². The van der Waals surface area contributed by atoms with E-state index in [-0.39, 0.29) is 5.78 Å². The van der Waals surface area contributed by atoms with Crippen molar-refractivity contribution in [3.63, 3.8) is 0 Å². The third-order valence-corrected chi connectivity index (χ3v) is 2.72. The Labute approximate surface area is 70.0 Å².